The van der Waals surface area contributed by atoms with Gasteiger partial charge in [-0.05, 0) is 69.1 Å². The van der Waals surface area contributed by atoms with Crippen LogP contribution in [0.15, 0.2) is 18.5 Å². The van der Waals surface area contributed by atoms with Crippen LogP contribution in [0.1, 0.15) is 70.1 Å². The number of nitrogens with zero attached hydrogens (tertiary/aromatic N) is 2. The molecule has 0 aliphatic heterocycles. The van der Waals surface area contributed by atoms with E-state index in [4.69, 9.17) is 21.9 Å². The van der Waals surface area contributed by atoms with Gasteiger partial charge in [-0.15, -0.1) is 0 Å². The fraction of sp³-hybridized carbons (Fsp3) is 0.577. The van der Waals surface area contributed by atoms with Crippen LogP contribution in [-0.4, -0.2) is 34.6 Å². The Bertz CT molecular complexity index is 1070. The third kappa shape index (κ3) is 4.74. The Morgan fingerprint density at radius 2 is 1.91 bits per heavy atom. The fourth-order valence-electron chi connectivity index (χ4n) is 5.17. The molecule has 1 saturated carbocycles. The van der Waals surface area contributed by atoms with Gasteiger partial charge in [-0.3, -0.25) is 4.79 Å². The molecule has 1 amide bonds. The maximum atomic E-state index is 11.8. The Kier molecular flexibility index (Phi) is 6.57. The molecule has 2 aliphatic rings. The highest BCUT2D eigenvalue weighted by molar-refractivity contribution is 5.80. The van der Waals surface area contributed by atoms with E-state index < -0.39 is 5.41 Å². The summed E-state index contributed by atoms with van der Waals surface area (Å²) in [6, 6.07) is 4.41. The van der Waals surface area contributed by atoms with Crippen molar-refractivity contribution in [2.75, 3.05) is 12.3 Å². The Morgan fingerprint density at radius 3 is 2.59 bits per heavy atom. The number of anilines is 1. The van der Waals surface area contributed by atoms with E-state index in [1.807, 2.05) is 19.9 Å². The number of ether oxygens (including phenoxy) is 1. The van der Waals surface area contributed by atoms with Gasteiger partial charge in [-0.25, -0.2) is 9.97 Å². The van der Waals surface area contributed by atoms with E-state index >= 15 is 0 Å². The van der Waals surface area contributed by atoms with Crippen molar-refractivity contribution in [3.63, 3.8) is 0 Å². The minimum Gasteiger partial charge on any atom is -0.490 e. The van der Waals surface area contributed by atoms with Gasteiger partial charge in [0.05, 0.1) is 17.2 Å². The number of carbonyl (C=O) groups is 1. The van der Waals surface area contributed by atoms with Crippen molar-refractivity contribution < 1.29 is 9.53 Å². The molecule has 0 radical (unpaired) electrons. The molecular weight excluding hydrogens is 428 g/mol. The van der Waals surface area contributed by atoms with Gasteiger partial charge in [-0.1, -0.05) is 13.8 Å². The predicted molar refractivity (Wildman–Crippen MR) is 134 cm³/mol. The average molecular weight is 467 g/mol. The lowest BCUT2D eigenvalue weighted by atomic mass is 9.70. The van der Waals surface area contributed by atoms with Crippen molar-refractivity contribution in [2.45, 2.75) is 83.9 Å². The van der Waals surface area contributed by atoms with Crippen molar-refractivity contribution in [3.05, 3.63) is 35.2 Å². The zero-order chi connectivity index (χ0) is 24.7. The normalized spacial score (nSPS) is 21.4. The van der Waals surface area contributed by atoms with Crippen LogP contribution >= 0.6 is 0 Å². The summed E-state index contributed by atoms with van der Waals surface area (Å²) in [6.07, 6.45) is 6.34. The maximum Gasteiger partial charge on any atom is 0.224 e. The molecule has 0 saturated heterocycles. The molecule has 1 aromatic heterocycles. The van der Waals surface area contributed by atoms with E-state index in [2.05, 4.69) is 35.2 Å². The minimum atomic E-state index is -0.650. The summed E-state index contributed by atoms with van der Waals surface area (Å²) in [6.45, 7) is 9.09. The number of nitrogens with one attached hydrogen (secondary N) is 1. The quantitative estimate of drug-likeness (QED) is 0.491. The second-order valence-electron chi connectivity index (χ2n) is 11.1. The number of nitrogen functional groups attached to an aromatic ring is 1. The molecule has 1 heterocycles. The molecule has 184 valence electrons. The Morgan fingerprint density at radius 1 is 1.21 bits per heavy atom. The molecule has 8 nitrogen and oxygen atoms in total. The second kappa shape index (κ2) is 9.15. The Hall–Kier alpha value is -2.71. The summed E-state index contributed by atoms with van der Waals surface area (Å²) in [5.41, 5.74) is 22.3. The SMILES string of the molecule is CC(C)(CNCc1c(OC2CCC(N)CC2)ccc2c1CC(C)(C)c1c(N)ncnc1-2)C(N)=O. The topological polar surface area (TPSA) is 142 Å². The summed E-state index contributed by atoms with van der Waals surface area (Å²) >= 11 is 0. The van der Waals surface area contributed by atoms with Gasteiger partial charge in [0.2, 0.25) is 5.91 Å². The average Bonchev–Trinajstić information content (AvgIpc) is 2.76. The van der Waals surface area contributed by atoms with E-state index in [1.165, 1.54) is 11.9 Å². The molecule has 2 aromatic rings. The molecular formula is C26H38N6O2. The van der Waals surface area contributed by atoms with Crippen molar-refractivity contribution in [3.8, 4) is 17.0 Å². The largest absolute Gasteiger partial charge is 0.490 e. The number of amides is 1. The van der Waals surface area contributed by atoms with Crippen LogP contribution in [0.3, 0.4) is 0 Å². The zero-order valence-corrected chi connectivity index (χ0v) is 20.8. The highest BCUT2D eigenvalue weighted by Gasteiger charge is 2.37. The highest BCUT2D eigenvalue weighted by atomic mass is 16.5. The zero-order valence-electron chi connectivity index (χ0n) is 20.8. The highest BCUT2D eigenvalue weighted by Crippen LogP contribution is 2.46. The molecule has 1 aromatic carbocycles. The molecule has 0 atom stereocenters. The maximum absolute atomic E-state index is 11.8. The molecule has 0 unspecified atom stereocenters. The molecule has 2 aliphatic carbocycles. The van der Waals surface area contributed by atoms with E-state index in [-0.39, 0.29) is 23.5 Å². The molecule has 1 fully saturated rings. The number of hydrogen-bond acceptors (Lipinski definition) is 7. The second-order valence-corrected chi connectivity index (χ2v) is 11.1. The van der Waals surface area contributed by atoms with Crippen molar-refractivity contribution >= 4 is 11.7 Å². The third-order valence-corrected chi connectivity index (χ3v) is 7.36. The summed E-state index contributed by atoms with van der Waals surface area (Å²) in [7, 11) is 0. The summed E-state index contributed by atoms with van der Waals surface area (Å²) < 4.78 is 6.57. The van der Waals surface area contributed by atoms with Crippen molar-refractivity contribution in [2.24, 2.45) is 16.9 Å². The number of rotatable bonds is 7. The number of aromatic nitrogens is 2. The Labute approximate surface area is 202 Å². The molecule has 4 rings (SSSR count). The Balaban J connectivity index is 1.73. The number of benzene rings is 1. The third-order valence-electron chi connectivity index (χ3n) is 7.36. The summed E-state index contributed by atoms with van der Waals surface area (Å²) in [5, 5.41) is 3.46. The van der Waals surface area contributed by atoms with Crippen LogP contribution in [0, 0.1) is 5.41 Å². The van der Waals surface area contributed by atoms with Crippen LogP contribution in [0.2, 0.25) is 0 Å². The first-order chi connectivity index (χ1) is 16.0. The first-order valence-corrected chi connectivity index (χ1v) is 12.2. The lowest BCUT2D eigenvalue weighted by Gasteiger charge is -2.36. The predicted octanol–water partition coefficient (Wildman–Crippen LogP) is 2.81. The van der Waals surface area contributed by atoms with Gasteiger partial charge < -0.3 is 27.3 Å². The fourth-order valence-corrected chi connectivity index (χ4v) is 5.17. The van der Waals surface area contributed by atoms with E-state index in [9.17, 15) is 4.79 Å². The number of hydrogen-bond donors (Lipinski definition) is 4. The van der Waals surface area contributed by atoms with Crippen molar-refractivity contribution in [1.29, 1.82) is 0 Å². The van der Waals surface area contributed by atoms with Crippen molar-refractivity contribution in [1.82, 2.24) is 15.3 Å². The standard InChI is InChI=1S/C26H38N6O2/c1-25(2)11-18-17(22-21(25)23(28)32-14-31-22)9-10-20(34-16-7-5-15(27)6-8-16)19(18)12-30-13-26(3,4)24(29)33/h9-10,14-16,30H,5-8,11-13,27H2,1-4H3,(H2,29,33)(H2,28,31,32). The van der Waals surface area contributed by atoms with E-state index in [0.717, 1.165) is 60.2 Å². The number of fused-ring (bicyclic) bond motifs is 3. The van der Waals surface area contributed by atoms with Gasteiger partial charge in [0.1, 0.15) is 17.9 Å². The van der Waals surface area contributed by atoms with Crippen LogP contribution < -0.4 is 27.3 Å². The molecule has 8 heteroatoms. The number of primary amides is 1. The van der Waals surface area contributed by atoms with Crippen LogP contribution in [-0.2, 0) is 23.2 Å². The smallest absolute Gasteiger partial charge is 0.224 e. The van der Waals surface area contributed by atoms with E-state index in [1.54, 1.807) is 0 Å². The lowest BCUT2D eigenvalue weighted by molar-refractivity contribution is -0.125. The molecule has 34 heavy (non-hydrogen) atoms. The minimum absolute atomic E-state index is 0.153. The van der Waals surface area contributed by atoms with Crippen LogP contribution in [0.5, 0.6) is 5.75 Å². The van der Waals surface area contributed by atoms with Gasteiger partial charge in [0, 0.05) is 35.8 Å². The number of carbonyl (C=O) groups excluding carboxylic acids is 1. The monoisotopic (exact) mass is 466 g/mol. The first-order valence-electron chi connectivity index (χ1n) is 12.2. The van der Waals surface area contributed by atoms with Gasteiger partial charge in [0.25, 0.3) is 0 Å². The van der Waals surface area contributed by atoms with E-state index in [0.29, 0.717) is 18.9 Å². The molecule has 0 spiro atoms. The van der Waals surface area contributed by atoms with Crippen LogP contribution in [0.25, 0.3) is 11.3 Å². The molecule has 7 N–H and O–H groups in total. The van der Waals surface area contributed by atoms with Gasteiger partial charge in [-0.2, -0.15) is 0 Å². The van der Waals surface area contributed by atoms with Crippen LogP contribution in [0.4, 0.5) is 5.82 Å². The van der Waals surface area contributed by atoms with Gasteiger partial charge in [0.15, 0.2) is 0 Å². The first kappa shape index (κ1) is 24.4. The van der Waals surface area contributed by atoms with Gasteiger partial charge >= 0.3 is 0 Å². The number of nitrogens with two attached hydrogens (primary N) is 3. The lowest BCUT2D eigenvalue weighted by Crippen LogP contribution is -2.40. The summed E-state index contributed by atoms with van der Waals surface area (Å²) in [4.78, 5) is 20.7. The molecule has 0 bridgehead atoms. The summed E-state index contributed by atoms with van der Waals surface area (Å²) in [5.74, 6) is 1.08.